The highest BCUT2D eigenvalue weighted by Crippen LogP contribution is 2.29. The lowest BCUT2D eigenvalue weighted by Crippen LogP contribution is -2.62. The van der Waals surface area contributed by atoms with Crippen LogP contribution in [0.5, 0.6) is 0 Å². The number of hydrogen-bond donors (Lipinski definition) is 2. The van der Waals surface area contributed by atoms with Crippen molar-refractivity contribution >= 4 is 29.7 Å². The molecule has 9 nitrogen and oxygen atoms in total. The van der Waals surface area contributed by atoms with Gasteiger partial charge in [0.1, 0.15) is 0 Å². The maximum atomic E-state index is 13.5. The first-order valence-electron chi connectivity index (χ1n) is 10.3. The minimum atomic E-state index is -3.43. The van der Waals surface area contributed by atoms with Crippen molar-refractivity contribution in [2.24, 2.45) is 0 Å². The van der Waals surface area contributed by atoms with Crippen LogP contribution in [-0.4, -0.2) is 51.6 Å². The lowest BCUT2D eigenvalue weighted by Gasteiger charge is -2.32. The number of carbonyl (C=O) groups excluding carboxylic acids is 3. The number of ether oxygens (including phenoxy) is 2. The lowest BCUT2D eigenvalue weighted by molar-refractivity contribution is -0.176. The molecule has 0 radical (unpaired) electrons. The van der Waals surface area contributed by atoms with E-state index in [0.29, 0.717) is 0 Å². The summed E-state index contributed by atoms with van der Waals surface area (Å²) in [7, 11) is 0. The molecule has 0 bridgehead atoms. The summed E-state index contributed by atoms with van der Waals surface area (Å²) in [5, 5.41) is 20.0. The van der Waals surface area contributed by atoms with Crippen molar-refractivity contribution in [1.82, 2.24) is 0 Å². The Bertz CT molecular complexity index is 1250. The lowest BCUT2D eigenvalue weighted by atomic mass is 9.86. The topological polar surface area (TPSA) is 144 Å². The minimum absolute atomic E-state index is 0.0947. The number of aryl methyl sites for hydroxylation is 1. The summed E-state index contributed by atoms with van der Waals surface area (Å²) in [5.74, 6) is -8.04. The van der Waals surface area contributed by atoms with Crippen LogP contribution in [0.15, 0.2) is 84.9 Å². The Balaban J connectivity index is 2.14. The number of aliphatic carboxylic acids is 2. The zero-order valence-electron chi connectivity index (χ0n) is 18.4. The van der Waals surface area contributed by atoms with Crippen molar-refractivity contribution in [2.75, 3.05) is 0 Å². The molecule has 2 unspecified atom stereocenters. The van der Waals surface area contributed by atoms with Crippen molar-refractivity contribution < 1.29 is 43.7 Å². The molecule has 0 fully saturated rings. The van der Waals surface area contributed by atoms with Crippen LogP contribution in [0, 0.1) is 6.92 Å². The fourth-order valence-electron chi connectivity index (χ4n) is 3.23. The summed E-state index contributed by atoms with van der Waals surface area (Å²) in [6.07, 6.45) is -2.71. The van der Waals surface area contributed by atoms with Crippen LogP contribution < -0.4 is 0 Å². The molecule has 35 heavy (non-hydrogen) atoms. The summed E-state index contributed by atoms with van der Waals surface area (Å²) < 4.78 is 10.2. The smallest absolute Gasteiger partial charge is 0.361 e. The van der Waals surface area contributed by atoms with E-state index in [1.807, 2.05) is 0 Å². The first-order chi connectivity index (χ1) is 16.7. The van der Waals surface area contributed by atoms with Gasteiger partial charge in [0.15, 0.2) is 0 Å². The average Bonchev–Trinajstić information content (AvgIpc) is 2.86. The van der Waals surface area contributed by atoms with Gasteiger partial charge in [-0.15, -0.1) is 0 Å². The Kier molecular flexibility index (Phi) is 7.40. The molecule has 2 N–H and O–H groups in total. The van der Waals surface area contributed by atoms with Crippen molar-refractivity contribution in [1.29, 1.82) is 0 Å². The molecule has 178 valence electrons. The van der Waals surface area contributed by atoms with Crippen LogP contribution in [0.4, 0.5) is 0 Å². The second kappa shape index (κ2) is 10.4. The second-order valence-electron chi connectivity index (χ2n) is 7.48. The summed E-state index contributed by atoms with van der Waals surface area (Å²) >= 11 is 0. The van der Waals surface area contributed by atoms with Crippen molar-refractivity contribution in [3.63, 3.8) is 0 Å². The van der Waals surface area contributed by atoms with Crippen LogP contribution in [0.1, 0.15) is 36.6 Å². The Labute approximate surface area is 199 Å². The van der Waals surface area contributed by atoms with Gasteiger partial charge in [0, 0.05) is 5.56 Å². The molecule has 0 saturated heterocycles. The van der Waals surface area contributed by atoms with E-state index in [1.165, 1.54) is 60.7 Å². The van der Waals surface area contributed by atoms with E-state index in [2.05, 4.69) is 0 Å². The third kappa shape index (κ3) is 5.25. The van der Waals surface area contributed by atoms with Crippen molar-refractivity contribution in [2.45, 2.75) is 18.6 Å². The third-order valence-corrected chi connectivity index (χ3v) is 5.06. The van der Waals surface area contributed by atoms with Crippen molar-refractivity contribution in [3.05, 3.63) is 107 Å². The molecular formula is C26H20O9. The summed E-state index contributed by atoms with van der Waals surface area (Å²) in [4.78, 5) is 63.8. The monoisotopic (exact) mass is 476 g/mol. The Hall–Kier alpha value is -4.79. The van der Waals surface area contributed by atoms with Gasteiger partial charge in [-0.2, -0.15) is 0 Å². The third-order valence-electron chi connectivity index (χ3n) is 5.06. The van der Waals surface area contributed by atoms with Gasteiger partial charge in [0.2, 0.25) is 5.78 Å². The van der Waals surface area contributed by atoms with Gasteiger partial charge < -0.3 is 19.7 Å². The highest BCUT2D eigenvalue weighted by Gasteiger charge is 2.62. The molecule has 0 aliphatic carbocycles. The number of rotatable bonds is 9. The van der Waals surface area contributed by atoms with Gasteiger partial charge in [-0.1, -0.05) is 66.2 Å². The number of carboxylic acids is 2. The van der Waals surface area contributed by atoms with E-state index < -0.39 is 41.4 Å². The van der Waals surface area contributed by atoms with Gasteiger partial charge in [-0.25, -0.2) is 19.2 Å². The SMILES string of the molecule is Cc1ccc(C(=O)OC(C(=O)O)C(OC(=O)c2ccccc2)(C(=O)O)C(=O)c2ccccc2)cc1. The van der Waals surface area contributed by atoms with Crippen LogP contribution in [0.2, 0.25) is 0 Å². The fraction of sp³-hybridized carbons (Fsp3) is 0.115. The van der Waals surface area contributed by atoms with E-state index in [1.54, 1.807) is 31.2 Å². The molecular weight excluding hydrogens is 456 g/mol. The molecule has 0 aliphatic rings. The zero-order chi connectivity index (χ0) is 25.6. The Morgan fingerprint density at radius 1 is 0.686 bits per heavy atom. The van der Waals surface area contributed by atoms with Crippen LogP contribution >= 0.6 is 0 Å². The molecule has 0 heterocycles. The van der Waals surface area contributed by atoms with Crippen LogP contribution in [0.25, 0.3) is 0 Å². The van der Waals surface area contributed by atoms with Gasteiger partial charge in [-0.05, 0) is 31.2 Å². The first kappa shape index (κ1) is 24.8. The summed E-state index contributed by atoms with van der Waals surface area (Å²) in [5.41, 5.74) is -3.14. The number of benzene rings is 3. The molecule has 0 saturated carbocycles. The quantitative estimate of drug-likeness (QED) is 0.270. The number of carbonyl (C=O) groups is 5. The van der Waals surface area contributed by atoms with Gasteiger partial charge in [0.25, 0.3) is 6.10 Å². The maximum Gasteiger partial charge on any atom is 0.361 e. The fourth-order valence-corrected chi connectivity index (χ4v) is 3.23. The highest BCUT2D eigenvalue weighted by molar-refractivity contribution is 6.19. The van der Waals surface area contributed by atoms with E-state index in [0.717, 1.165) is 5.56 Å². The second-order valence-corrected chi connectivity index (χ2v) is 7.48. The van der Waals surface area contributed by atoms with Gasteiger partial charge in [0.05, 0.1) is 11.1 Å². The molecule has 0 aliphatic heterocycles. The first-order valence-corrected chi connectivity index (χ1v) is 10.3. The number of hydrogen-bond acceptors (Lipinski definition) is 7. The van der Waals surface area contributed by atoms with Gasteiger partial charge >= 0.3 is 29.5 Å². The molecule has 0 aromatic heterocycles. The number of esters is 2. The molecule has 2 atom stereocenters. The predicted molar refractivity (Wildman–Crippen MR) is 121 cm³/mol. The van der Waals surface area contributed by atoms with E-state index in [4.69, 9.17) is 9.47 Å². The number of ketones is 1. The molecule has 9 heteroatoms. The standard InChI is InChI=1S/C26H20O9/c1-16-12-14-19(15-13-16)23(30)34-21(22(28)29)26(25(32)33,20(27)17-8-4-2-5-9-17)35-24(31)18-10-6-3-7-11-18/h2-15,21H,1H3,(H,28,29)(H,32,33). The molecule has 0 spiro atoms. The van der Waals surface area contributed by atoms with Gasteiger partial charge in [-0.3, -0.25) is 4.79 Å². The molecule has 0 amide bonds. The largest absolute Gasteiger partial charge is 0.478 e. The van der Waals surface area contributed by atoms with Crippen LogP contribution in [-0.2, 0) is 19.1 Å². The number of carboxylic acid groups (broad SMARTS) is 2. The minimum Gasteiger partial charge on any atom is -0.478 e. The Morgan fingerprint density at radius 2 is 1.17 bits per heavy atom. The predicted octanol–water partition coefficient (Wildman–Crippen LogP) is 3.17. The molecule has 3 rings (SSSR count). The van der Waals surface area contributed by atoms with Crippen molar-refractivity contribution in [3.8, 4) is 0 Å². The normalized spacial score (nSPS) is 13.1. The zero-order valence-corrected chi connectivity index (χ0v) is 18.4. The van der Waals surface area contributed by atoms with E-state index >= 15 is 0 Å². The van der Waals surface area contributed by atoms with E-state index in [9.17, 15) is 34.2 Å². The average molecular weight is 476 g/mol. The Morgan fingerprint density at radius 3 is 1.66 bits per heavy atom. The van der Waals surface area contributed by atoms with E-state index in [-0.39, 0.29) is 16.7 Å². The van der Waals surface area contributed by atoms with Crippen LogP contribution in [0.3, 0.4) is 0 Å². The summed E-state index contributed by atoms with van der Waals surface area (Å²) in [6.45, 7) is 1.76. The number of Topliss-reactive ketones (excluding diaryl/α,β-unsaturated/α-hetero) is 1. The summed E-state index contributed by atoms with van der Waals surface area (Å²) in [6, 6.07) is 19.7. The molecule has 3 aromatic carbocycles. The maximum absolute atomic E-state index is 13.5. The highest BCUT2D eigenvalue weighted by atomic mass is 16.6. The molecule has 3 aromatic rings.